The first-order valence-electron chi connectivity index (χ1n) is 9.79. The Labute approximate surface area is 152 Å². The van der Waals surface area contributed by atoms with Crippen molar-refractivity contribution < 1.29 is 0 Å². The Morgan fingerprint density at radius 3 is 2.00 bits per heavy atom. The van der Waals surface area contributed by atoms with Crippen LogP contribution in [0.2, 0.25) is 0 Å². The van der Waals surface area contributed by atoms with E-state index in [0.717, 1.165) is 17.8 Å². The molecule has 0 amide bonds. The molecule has 1 atom stereocenters. The second-order valence-corrected chi connectivity index (χ2v) is 7.76. The fourth-order valence-corrected chi connectivity index (χ4v) is 4.27. The quantitative estimate of drug-likeness (QED) is 0.604. The van der Waals surface area contributed by atoms with E-state index in [9.17, 15) is 0 Å². The second-order valence-electron chi connectivity index (χ2n) is 7.76. The zero-order valence-corrected chi connectivity index (χ0v) is 15.5. The summed E-state index contributed by atoms with van der Waals surface area (Å²) in [5.41, 5.74) is 4.57. The Hall–Kier alpha value is -2.07. The molecule has 0 bridgehead atoms. The van der Waals surface area contributed by atoms with E-state index in [2.05, 4.69) is 44.2 Å². The van der Waals surface area contributed by atoms with Crippen LogP contribution in [0.4, 0.5) is 0 Å². The fourth-order valence-electron chi connectivity index (χ4n) is 4.27. The molecule has 0 spiro atoms. The van der Waals surface area contributed by atoms with Gasteiger partial charge in [0, 0.05) is 0 Å². The molecular weight excluding hydrogens is 302 g/mol. The van der Waals surface area contributed by atoms with E-state index in [-0.39, 0.29) is 0 Å². The van der Waals surface area contributed by atoms with E-state index in [1.807, 2.05) is 24.3 Å². The minimum atomic E-state index is 0.715. The van der Waals surface area contributed by atoms with Crippen LogP contribution in [0.15, 0.2) is 48.5 Å². The van der Waals surface area contributed by atoms with Gasteiger partial charge in [0.1, 0.15) is 0 Å². The largest absolute Gasteiger partial charge is 0.192 e. The predicted octanol–water partition coefficient (Wildman–Crippen LogP) is 6.62. The fraction of sp³-hybridized carbons (Fsp3) is 0.458. The summed E-state index contributed by atoms with van der Waals surface area (Å²) in [7, 11) is 0. The summed E-state index contributed by atoms with van der Waals surface area (Å²) in [6, 6.07) is 19.0. The van der Waals surface area contributed by atoms with Gasteiger partial charge in [-0.3, -0.25) is 0 Å². The molecule has 0 heterocycles. The molecule has 0 saturated heterocycles. The van der Waals surface area contributed by atoms with Gasteiger partial charge in [-0.05, 0) is 65.8 Å². The molecule has 1 fully saturated rings. The lowest BCUT2D eigenvalue weighted by Gasteiger charge is -2.32. The minimum Gasteiger partial charge on any atom is -0.192 e. The molecule has 0 aromatic heterocycles. The van der Waals surface area contributed by atoms with E-state index < -0.39 is 0 Å². The number of nitriles is 1. The highest BCUT2D eigenvalue weighted by atomic mass is 14.3. The van der Waals surface area contributed by atoms with Crippen LogP contribution in [0.3, 0.4) is 0 Å². The molecule has 1 saturated carbocycles. The molecule has 2 aromatic carbocycles. The first-order chi connectivity index (χ1) is 12.2. The van der Waals surface area contributed by atoms with E-state index in [4.69, 9.17) is 5.26 Å². The van der Waals surface area contributed by atoms with Crippen LogP contribution in [0.1, 0.15) is 57.1 Å². The molecule has 1 nitrogen and oxygen atoms in total. The third kappa shape index (κ3) is 4.51. The number of nitrogens with zero attached hydrogens (tertiary/aromatic N) is 1. The number of hydrogen-bond acceptors (Lipinski definition) is 1. The summed E-state index contributed by atoms with van der Waals surface area (Å²) in [4.78, 5) is 0. The van der Waals surface area contributed by atoms with Crippen LogP contribution >= 0.6 is 0 Å². The Morgan fingerprint density at radius 2 is 1.48 bits per heavy atom. The smallest absolute Gasteiger partial charge is 0.0991 e. The highest BCUT2D eigenvalue weighted by molar-refractivity contribution is 5.64. The van der Waals surface area contributed by atoms with Crippen molar-refractivity contribution in [2.24, 2.45) is 17.8 Å². The maximum Gasteiger partial charge on any atom is 0.0991 e. The van der Waals surface area contributed by atoms with Gasteiger partial charge in [0.2, 0.25) is 0 Å². The molecule has 0 radical (unpaired) electrons. The Bertz CT molecular complexity index is 697. The van der Waals surface area contributed by atoms with Crippen LogP contribution in [-0.2, 0) is 6.42 Å². The van der Waals surface area contributed by atoms with Crippen molar-refractivity contribution >= 4 is 0 Å². The van der Waals surface area contributed by atoms with Crippen molar-refractivity contribution in [3.05, 3.63) is 59.7 Å². The van der Waals surface area contributed by atoms with Gasteiger partial charge in [0.15, 0.2) is 0 Å². The second kappa shape index (κ2) is 8.34. The molecule has 0 N–H and O–H groups in total. The first-order valence-corrected chi connectivity index (χ1v) is 9.79. The Balaban J connectivity index is 1.59. The number of benzene rings is 2. The standard InChI is InChI=1S/C24H29N/c1-3-19-4-10-22(11-5-19)18(2)16-20-6-12-23(13-7-20)24-14-8-21(17-25)9-15-24/h6-9,12-15,18-19,22H,3-5,10-11,16H2,1-2H3. The van der Waals surface area contributed by atoms with Crippen molar-refractivity contribution in [3.8, 4) is 17.2 Å². The van der Waals surface area contributed by atoms with Gasteiger partial charge in [-0.2, -0.15) is 5.26 Å². The molecule has 1 aliphatic carbocycles. The minimum absolute atomic E-state index is 0.715. The lowest BCUT2D eigenvalue weighted by atomic mass is 9.74. The summed E-state index contributed by atoms with van der Waals surface area (Å²) in [6.45, 7) is 4.77. The normalized spacial score (nSPS) is 21.5. The van der Waals surface area contributed by atoms with Crippen LogP contribution < -0.4 is 0 Å². The molecular formula is C24H29N. The zero-order valence-electron chi connectivity index (χ0n) is 15.5. The SMILES string of the molecule is CCC1CCC(C(C)Cc2ccc(-c3ccc(C#N)cc3)cc2)CC1. The van der Waals surface area contributed by atoms with Crippen molar-refractivity contribution in [2.45, 2.75) is 52.4 Å². The van der Waals surface area contributed by atoms with Gasteiger partial charge < -0.3 is 0 Å². The zero-order chi connectivity index (χ0) is 17.6. The first kappa shape index (κ1) is 17.7. The lowest BCUT2D eigenvalue weighted by molar-refractivity contribution is 0.210. The highest BCUT2D eigenvalue weighted by Crippen LogP contribution is 2.36. The molecule has 0 aliphatic heterocycles. The van der Waals surface area contributed by atoms with Gasteiger partial charge >= 0.3 is 0 Å². The molecule has 130 valence electrons. The Morgan fingerprint density at radius 1 is 0.920 bits per heavy atom. The van der Waals surface area contributed by atoms with Gasteiger partial charge in [0.25, 0.3) is 0 Å². The average molecular weight is 332 g/mol. The van der Waals surface area contributed by atoms with Crippen LogP contribution in [0, 0.1) is 29.1 Å². The summed E-state index contributed by atoms with van der Waals surface area (Å²) in [6.07, 6.45) is 8.26. The van der Waals surface area contributed by atoms with E-state index in [0.29, 0.717) is 5.56 Å². The van der Waals surface area contributed by atoms with Crippen molar-refractivity contribution in [1.82, 2.24) is 0 Å². The van der Waals surface area contributed by atoms with E-state index >= 15 is 0 Å². The molecule has 2 aromatic rings. The van der Waals surface area contributed by atoms with Crippen LogP contribution in [-0.4, -0.2) is 0 Å². The van der Waals surface area contributed by atoms with Crippen molar-refractivity contribution in [3.63, 3.8) is 0 Å². The lowest BCUT2D eigenvalue weighted by Crippen LogP contribution is -2.21. The van der Waals surface area contributed by atoms with Crippen LogP contribution in [0.5, 0.6) is 0 Å². The number of hydrogen-bond donors (Lipinski definition) is 0. The molecule has 1 heteroatoms. The van der Waals surface area contributed by atoms with Gasteiger partial charge in [0.05, 0.1) is 11.6 Å². The van der Waals surface area contributed by atoms with Gasteiger partial charge in [-0.25, -0.2) is 0 Å². The highest BCUT2D eigenvalue weighted by Gasteiger charge is 2.24. The van der Waals surface area contributed by atoms with Crippen LogP contribution in [0.25, 0.3) is 11.1 Å². The Kier molecular flexibility index (Phi) is 5.92. The molecule has 25 heavy (non-hydrogen) atoms. The maximum atomic E-state index is 8.91. The van der Waals surface area contributed by atoms with Gasteiger partial charge in [-0.15, -0.1) is 0 Å². The predicted molar refractivity (Wildman–Crippen MR) is 105 cm³/mol. The number of rotatable bonds is 5. The van der Waals surface area contributed by atoms with Crippen molar-refractivity contribution in [1.29, 1.82) is 5.26 Å². The summed E-state index contributed by atoms with van der Waals surface area (Å²) >= 11 is 0. The molecule has 1 unspecified atom stereocenters. The summed E-state index contributed by atoms with van der Waals surface area (Å²) in [5.74, 6) is 2.66. The topological polar surface area (TPSA) is 23.8 Å². The third-order valence-electron chi connectivity index (χ3n) is 6.13. The summed E-state index contributed by atoms with van der Waals surface area (Å²) < 4.78 is 0. The van der Waals surface area contributed by atoms with E-state index in [1.165, 1.54) is 55.2 Å². The average Bonchev–Trinajstić information content (AvgIpc) is 2.68. The molecule has 1 aliphatic rings. The maximum absolute atomic E-state index is 8.91. The van der Waals surface area contributed by atoms with E-state index in [1.54, 1.807) is 0 Å². The summed E-state index contributed by atoms with van der Waals surface area (Å²) in [5, 5.41) is 8.91. The third-order valence-corrected chi connectivity index (χ3v) is 6.13. The molecule has 3 rings (SSSR count). The van der Waals surface area contributed by atoms with Crippen molar-refractivity contribution in [2.75, 3.05) is 0 Å². The van der Waals surface area contributed by atoms with Gasteiger partial charge in [-0.1, -0.05) is 69.5 Å². The monoisotopic (exact) mass is 331 g/mol.